The summed E-state index contributed by atoms with van der Waals surface area (Å²) in [5.41, 5.74) is 6.38. The zero-order valence-corrected chi connectivity index (χ0v) is 14.5. The minimum absolute atomic E-state index is 0.0819. The van der Waals surface area contributed by atoms with Crippen LogP contribution in [0.1, 0.15) is 44.1 Å². The van der Waals surface area contributed by atoms with Crippen LogP contribution in [0.3, 0.4) is 0 Å². The van der Waals surface area contributed by atoms with E-state index in [2.05, 4.69) is 5.32 Å². The minimum atomic E-state index is -0.358. The molecule has 3 rings (SSSR count). The van der Waals surface area contributed by atoms with Gasteiger partial charge in [-0.1, -0.05) is 25.0 Å². The SMILES string of the molecule is NC(=O)C1CCCN1CC(=O)NCC1(c2ccc(F)cc2)CCCC1. The van der Waals surface area contributed by atoms with Gasteiger partial charge in [0.2, 0.25) is 11.8 Å². The van der Waals surface area contributed by atoms with Crippen molar-refractivity contribution in [3.8, 4) is 0 Å². The van der Waals surface area contributed by atoms with E-state index >= 15 is 0 Å². The quantitative estimate of drug-likeness (QED) is 0.822. The van der Waals surface area contributed by atoms with Crippen LogP contribution < -0.4 is 11.1 Å². The number of halogens is 1. The first-order chi connectivity index (χ1) is 12.0. The molecule has 6 heteroatoms. The Bertz CT molecular complexity index is 626. The van der Waals surface area contributed by atoms with E-state index in [-0.39, 0.29) is 35.6 Å². The second-order valence-electron chi connectivity index (χ2n) is 7.30. The van der Waals surface area contributed by atoms with Crippen LogP contribution in [0.25, 0.3) is 0 Å². The van der Waals surface area contributed by atoms with Crippen LogP contribution in [0.2, 0.25) is 0 Å². The van der Waals surface area contributed by atoms with Gasteiger partial charge in [-0.3, -0.25) is 14.5 Å². The molecule has 3 N–H and O–H groups in total. The van der Waals surface area contributed by atoms with Crippen LogP contribution in [0, 0.1) is 5.82 Å². The summed E-state index contributed by atoms with van der Waals surface area (Å²) in [6.07, 6.45) is 5.83. The molecule has 2 fully saturated rings. The van der Waals surface area contributed by atoms with Crippen LogP contribution in [-0.2, 0) is 15.0 Å². The van der Waals surface area contributed by atoms with Crippen molar-refractivity contribution >= 4 is 11.8 Å². The molecule has 1 aromatic rings. The van der Waals surface area contributed by atoms with Gasteiger partial charge in [0.15, 0.2) is 0 Å². The van der Waals surface area contributed by atoms with Crippen LogP contribution in [0.5, 0.6) is 0 Å². The maximum Gasteiger partial charge on any atom is 0.234 e. The lowest BCUT2D eigenvalue weighted by molar-refractivity contribution is -0.125. The van der Waals surface area contributed by atoms with E-state index in [1.165, 1.54) is 12.1 Å². The Morgan fingerprint density at radius 3 is 2.52 bits per heavy atom. The van der Waals surface area contributed by atoms with E-state index in [1.807, 2.05) is 17.0 Å². The van der Waals surface area contributed by atoms with Gasteiger partial charge < -0.3 is 11.1 Å². The van der Waals surface area contributed by atoms with E-state index in [1.54, 1.807) is 0 Å². The van der Waals surface area contributed by atoms with Crippen molar-refractivity contribution in [2.75, 3.05) is 19.6 Å². The first-order valence-electron chi connectivity index (χ1n) is 9.06. The van der Waals surface area contributed by atoms with Crippen LogP contribution in [0.15, 0.2) is 24.3 Å². The van der Waals surface area contributed by atoms with Gasteiger partial charge >= 0.3 is 0 Å². The zero-order chi connectivity index (χ0) is 17.9. The van der Waals surface area contributed by atoms with Crippen LogP contribution >= 0.6 is 0 Å². The van der Waals surface area contributed by atoms with Gasteiger partial charge in [0.25, 0.3) is 0 Å². The second kappa shape index (κ2) is 7.52. The van der Waals surface area contributed by atoms with Crippen molar-refractivity contribution in [1.29, 1.82) is 0 Å². The number of nitrogens with one attached hydrogen (secondary N) is 1. The fourth-order valence-electron chi connectivity index (χ4n) is 4.27. The highest BCUT2D eigenvalue weighted by atomic mass is 19.1. The highest BCUT2D eigenvalue weighted by Crippen LogP contribution is 2.40. The van der Waals surface area contributed by atoms with E-state index in [9.17, 15) is 14.0 Å². The molecule has 5 nitrogen and oxygen atoms in total. The molecule has 0 spiro atoms. The monoisotopic (exact) mass is 347 g/mol. The average molecular weight is 347 g/mol. The van der Waals surface area contributed by atoms with Gasteiger partial charge in [0, 0.05) is 12.0 Å². The Morgan fingerprint density at radius 2 is 1.88 bits per heavy atom. The fourth-order valence-corrected chi connectivity index (χ4v) is 4.27. The Morgan fingerprint density at radius 1 is 1.20 bits per heavy atom. The van der Waals surface area contributed by atoms with Crippen LogP contribution in [-0.4, -0.2) is 42.4 Å². The molecule has 136 valence electrons. The molecule has 1 saturated carbocycles. The van der Waals surface area contributed by atoms with Crippen LogP contribution in [0.4, 0.5) is 4.39 Å². The van der Waals surface area contributed by atoms with Crippen molar-refractivity contribution in [3.05, 3.63) is 35.6 Å². The number of carbonyl (C=O) groups is 2. The number of likely N-dealkylation sites (tertiary alicyclic amines) is 1. The summed E-state index contributed by atoms with van der Waals surface area (Å²) < 4.78 is 13.2. The molecule has 0 bridgehead atoms. The van der Waals surface area contributed by atoms with E-state index < -0.39 is 0 Å². The zero-order valence-electron chi connectivity index (χ0n) is 14.5. The molecule has 1 aliphatic heterocycles. The largest absolute Gasteiger partial charge is 0.368 e. The smallest absolute Gasteiger partial charge is 0.234 e. The topological polar surface area (TPSA) is 75.4 Å². The first kappa shape index (κ1) is 17.9. The molecule has 2 aliphatic rings. The van der Waals surface area contributed by atoms with E-state index in [0.29, 0.717) is 6.54 Å². The maximum atomic E-state index is 13.2. The van der Waals surface area contributed by atoms with Crippen molar-refractivity contribution in [3.63, 3.8) is 0 Å². The summed E-state index contributed by atoms with van der Waals surface area (Å²) in [4.78, 5) is 25.7. The molecular weight excluding hydrogens is 321 g/mol. The van der Waals surface area contributed by atoms with Gasteiger partial charge in [-0.25, -0.2) is 4.39 Å². The van der Waals surface area contributed by atoms with Crippen molar-refractivity contribution in [2.24, 2.45) is 5.73 Å². The Labute approximate surface area is 147 Å². The maximum absolute atomic E-state index is 13.2. The molecule has 1 saturated heterocycles. The molecule has 0 radical (unpaired) electrons. The minimum Gasteiger partial charge on any atom is -0.368 e. The highest BCUT2D eigenvalue weighted by Gasteiger charge is 2.36. The summed E-state index contributed by atoms with van der Waals surface area (Å²) in [6.45, 7) is 1.48. The lowest BCUT2D eigenvalue weighted by Crippen LogP contribution is -2.47. The average Bonchev–Trinajstić information content (AvgIpc) is 3.23. The lowest BCUT2D eigenvalue weighted by atomic mass is 9.79. The number of hydrogen-bond acceptors (Lipinski definition) is 3. The number of nitrogens with zero attached hydrogens (tertiary/aromatic N) is 1. The van der Waals surface area contributed by atoms with E-state index in [0.717, 1.165) is 50.6 Å². The molecule has 1 heterocycles. The number of hydrogen-bond donors (Lipinski definition) is 2. The first-order valence-corrected chi connectivity index (χ1v) is 9.06. The number of amides is 2. The van der Waals surface area contributed by atoms with Gasteiger partial charge in [0.1, 0.15) is 5.82 Å². The molecular formula is C19H26FN3O2. The Kier molecular flexibility index (Phi) is 5.37. The van der Waals surface area contributed by atoms with Gasteiger partial charge in [-0.2, -0.15) is 0 Å². The predicted octanol–water partition coefficient (Wildman–Crippen LogP) is 1.70. The number of benzene rings is 1. The van der Waals surface area contributed by atoms with Gasteiger partial charge in [-0.05, 0) is 49.9 Å². The molecule has 1 aliphatic carbocycles. The molecule has 2 amide bonds. The predicted molar refractivity (Wildman–Crippen MR) is 93.3 cm³/mol. The number of primary amides is 1. The lowest BCUT2D eigenvalue weighted by Gasteiger charge is -2.30. The summed E-state index contributed by atoms with van der Waals surface area (Å²) in [5.74, 6) is -0.683. The third kappa shape index (κ3) is 4.00. The van der Waals surface area contributed by atoms with Crippen molar-refractivity contribution < 1.29 is 14.0 Å². The third-order valence-electron chi connectivity index (χ3n) is 5.68. The summed E-state index contributed by atoms with van der Waals surface area (Å²) in [7, 11) is 0. The third-order valence-corrected chi connectivity index (χ3v) is 5.68. The summed E-state index contributed by atoms with van der Waals surface area (Å²) >= 11 is 0. The molecule has 1 aromatic carbocycles. The second-order valence-corrected chi connectivity index (χ2v) is 7.30. The standard InChI is InChI=1S/C19H26FN3O2/c20-15-7-5-14(6-8-15)19(9-1-2-10-19)13-22-17(24)12-23-11-3-4-16(23)18(21)25/h5-8,16H,1-4,9-13H2,(H2,21,25)(H,22,24). The highest BCUT2D eigenvalue weighted by molar-refractivity contribution is 5.82. The number of carbonyl (C=O) groups excluding carboxylic acids is 2. The van der Waals surface area contributed by atoms with Gasteiger partial charge in [0.05, 0.1) is 12.6 Å². The molecule has 1 unspecified atom stereocenters. The molecule has 1 atom stereocenters. The van der Waals surface area contributed by atoms with Gasteiger partial charge in [-0.15, -0.1) is 0 Å². The number of nitrogens with two attached hydrogens (primary N) is 1. The molecule has 0 aromatic heterocycles. The Balaban J connectivity index is 1.61. The van der Waals surface area contributed by atoms with Crippen molar-refractivity contribution in [2.45, 2.75) is 50.0 Å². The summed E-state index contributed by atoms with van der Waals surface area (Å²) in [5, 5.41) is 3.04. The molecule has 25 heavy (non-hydrogen) atoms. The Hall–Kier alpha value is -1.95. The van der Waals surface area contributed by atoms with Crippen molar-refractivity contribution in [1.82, 2.24) is 10.2 Å². The normalized spacial score (nSPS) is 22.8. The van der Waals surface area contributed by atoms with E-state index in [4.69, 9.17) is 5.73 Å². The number of rotatable bonds is 6. The summed E-state index contributed by atoms with van der Waals surface area (Å²) in [6, 6.07) is 6.30. The fraction of sp³-hybridized carbons (Fsp3) is 0.579.